The molecular weight excluding hydrogens is 386 g/mol. The summed E-state index contributed by atoms with van der Waals surface area (Å²) in [7, 11) is 0. The Morgan fingerprint density at radius 1 is 1.15 bits per heavy atom. The first-order valence-corrected chi connectivity index (χ1v) is 8.11. The number of ether oxygens (including phenoxy) is 3. The summed E-state index contributed by atoms with van der Waals surface area (Å²) >= 11 is 5.95. The lowest BCUT2D eigenvalue weighted by atomic mass is 10.2. The largest absolute Gasteiger partial charge is 0.586 e. The average Bonchev–Trinajstić information content (AvgIpc) is 2.90. The predicted octanol–water partition coefficient (Wildman–Crippen LogP) is 3.03. The number of amides is 2. The number of halogens is 3. The lowest BCUT2D eigenvalue weighted by Gasteiger charge is -2.29. The van der Waals surface area contributed by atoms with Gasteiger partial charge in [-0.05, 0) is 30.3 Å². The van der Waals surface area contributed by atoms with E-state index in [1.165, 1.54) is 29.2 Å². The van der Waals surface area contributed by atoms with Gasteiger partial charge in [0.25, 0.3) is 5.91 Å². The summed E-state index contributed by atoms with van der Waals surface area (Å²) in [6.07, 6.45) is -3.74. The van der Waals surface area contributed by atoms with Crippen molar-refractivity contribution in [2.75, 3.05) is 23.4 Å². The first-order chi connectivity index (χ1) is 12.8. The molecule has 2 aromatic rings. The molecule has 2 aliphatic rings. The topological polar surface area (TPSA) is 77.1 Å². The molecule has 4 rings (SSSR count). The summed E-state index contributed by atoms with van der Waals surface area (Å²) in [4.78, 5) is 25.7. The Morgan fingerprint density at radius 3 is 2.70 bits per heavy atom. The van der Waals surface area contributed by atoms with Gasteiger partial charge < -0.3 is 19.5 Å². The Kier molecular flexibility index (Phi) is 4.03. The van der Waals surface area contributed by atoms with Crippen LogP contribution in [0.15, 0.2) is 36.4 Å². The van der Waals surface area contributed by atoms with Crippen molar-refractivity contribution in [3.63, 3.8) is 0 Å². The van der Waals surface area contributed by atoms with E-state index in [0.717, 1.165) is 0 Å². The molecule has 0 bridgehead atoms. The molecule has 2 heterocycles. The molecule has 0 atom stereocenters. The molecule has 0 aliphatic carbocycles. The van der Waals surface area contributed by atoms with E-state index in [1.807, 2.05) is 0 Å². The molecule has 140 valence electrons. The zero-order valence-electron chi connectivity index (χ0n) is 13.5. The number of rotatable bonds is 3. The number of alkyl halides is 2. The molecule has 10 heteroatoms. The van der Waals surface area contributed by atoms with Gasteiger partial charge in [0.05, 0.1) is 5.69 Å². The van der Waals surface area contributed by atoms with Gasteiger partial charge in [-0.25, -0.2) is 0 Å². The van der Waals surface area contributed by atoms with Crippen molar-refractivity contribution in [2.45, 2.75) is 6.29 Å². The maximum atomic E-state index is 13.1. The van der Waals surface area contributed by atoms with E-state index in [4.69, 9.17) is 16.3 Å². The Hall–Kier alpha value is -3.07. The summed E-state index contributed by atoms with van der Waals surface area (Å²) in [5, 5.41) is 2.91. The number of carbonyl (C=O) groups excluding carboxylic acids is 2. The number of carbonyl (C=O) groups is 2. The fraction of sp³-hybridized carbons (Fsp3) is 0.176. The van der Waals surface area contributed by atoms with Crippen molar-refractivity contribution in [3.05, 3.63) is 41.4 Å². The van der Waals surface area contributed by atoms with E-state index < -0.39 is 18.1 Å². The van der Waals surface area contributed by atoms with Gasteiger partial charge >= 0.3 is 6.29 Å². The monoisotopic (exact) mass is 396 g/mol. The van der Waals surface area contributed by atoms with Crippen LogP contribution in [0.4, 0.5) is 20.2 Å². The minimum Gasteiger partial charge on any atom is -0.482 e. The number of nitrogens with zero attached hydrogens (tertiary/aromatic N) is 1. The van der Waals surface area contributed by atoms with Crippen LogP contribution in [0.3, 0.4) is 0 Å². The molecule has 0 fully saturated rings. The van der Waals surface area contributed by atoms with E-state index in [1.54, 1.807) is 12.1 Å². The maximum absolute atomic E-state index is 13.1. The first-order valence-electron chi connectivity index (χ1n) is 7.73. The van der Waals surface area contributed by atoms with Crippen LogP contribution < -0.4 is 24.4 Å². The summed E-state index contributed by atoms with van der Waals surface area (Å²) in [6.45, 7) is -0.513. The number of benzene rings is 2. The quantitative estimate of drug-likeness (QED) is 0.863. The van der Waals surface area contributed by atoms with Gasteiger partial charge in [0.15, 0.2) is 18.1 Å². The van der Waals surface area contributed by atoms with Gasteiger partial charge in [-0.15, -0.1) is 8.78 Å². The van der Waals surface area contributed by atoms with Gasteiger partial charge in [-0.2, -0.15) is 0 Å². The SMILES string of the molecule is O=C(CN1C(=O)COc2ccc(Cl)cc21)Nc1ccc2c(c1)OC(F)(F)O2. The van der Waals surface area contributed by atoms with Gasteiger partial charge in [-0.3, -0.25) is 14.5 Å². The highest BCUT2D eigenvalue weighted by molar-refractivity contribution is 6.31. The molecule has 7 nitrogen and oxygen atoms in total. The molecule has 1 N–H and O–H groups in total. The summed E-state index contributed by atoms with van der Waals surface area (Å²) in [5.41, 5.74) is 0.589. The molecule has 27 heavy (non-hydrogen) atoms. The van der Waals surface area contributed by atoms with E-state index in [0.29, 0.717) is 16.5 Å². The lowest BCUT2D eigenvalue weighted by molar-refractivity contribution is -0.286. The number of hydrogen-bond donors (Lipinski definition) is 1. The number of nitrogens with one attached hydrogen (secondary N) is 1. The summed E-state index contributed by atoms with van der Waals surface area (Å²) in [6, 6.07) is 8.57. The minimum atomic E-state index is -3.74. The van der Waals surface area contributed by atoms with Crippen LogP contribution in [0.2, 0.25) is 5.02 Å². The highest BCUT2D eigenvalue weighted by Gasteiger charge is 2.43. The Bertz CT molecular complexity index is 953. The first kappa shape index (κ1) is 17.3. The molecule has 0 radical (unpaired) electrons. The van der Waals surface area contributed by atoms with E-state index >= 15 is 0 Å². The van der Waals surface area contributed by atoms with Gasteiger partial charge in [0.1, 0.15) is 12.3 Å². The normalized spacial score (nSPS) is 16.6. The van der Waals surface area contributed by atoms with Crippen molar-refractivity contribution < 1.29 is 32.6 Å². The van der Waals surface area contributed by atoms with E-state index in [-0.39, 0.29) is 30.3 Å². The lowest BCUT2D eigenvalue weighted by Crippen LogP contribution is -2.43. The molecule has 0 spiro atoms. The number of fused-ring (bicyclic) bond motifs is 2. The number of hydrogen-bond acceptors (Lipinski definition) is 5. The molecule has 2 aliphatic heterocycles. The van der Waals surface area contributed by atoms with E-state index in [2.05, 4.69) is 14.8 Å². The fourth-order valence-corrected chi connectivity index (χ4v) is 2.89. The Labute approximate surface area is 156 Å². The smallest absolute Gasteiger partial charge is 0.482 e. The van der Waals surface area contributed by atoms with Gasteiger partial charge in [0.2, 0.25) is 5.91 Å². The Balaban J connectivity index is 1.49. The van der Waals surface area contributed by atoms with Gasteiger partial charge in [0, 0.05) is 16.8 Å². The third-order valence-corrected chi connectivity index (χ3v) is 4.09. The zero-order chi connectivity index (χ0) is 19.2. The van der Waals surface area contributed by atoms with Crippen LogP contribution in [-0.2, 0) is 9.59 Å². The number of anilines is 2. The van der Waals surface area contributed by atoms with Crippen molar-refractivity contribution in [1.82, 2.24) is 0 Å². The van der Waals surface area contributed by atoms with Gasteiger partial charge in [-0.1, -0.05) is 11.6 Å². The average molecular weight is 397 g/mol. The van der Waals surface area contributed by atoms with Crippen LogP contribution >= 0.6 is 11.6 Å². The second kappa shape index (κ2) is 6.27. The van der Waals surface area contributed by atoms with Crippen LogP contribution in [-0.4, -0.2) is 31.3 Å². The molecular formula is C17H11ClF2N2O5. The summed E-state index contributed by atoms with van der Waals surface area (Å²) < 4.78 is 40.1. The molecule has 0 aromatic heterocycles. The van der Waals surface area contributed by atoms with Crippen molar-refractivity contribution >= 4 is 34.8 Å². The van der Waals surface area contributed by atoms with Crippen LogP contribution in [0.25, 0.3) is 0 Å². The second-order valence-electron chi connectivity index (χ2n) is 5.76. The predicted molar refractivity (Wildman–Crippen MR) is 90.6 cm³/mol. The zero-order valence-corrected chi connectivity index (χ0v) is 14.3. The van der Waals surface area contributed by atoms with Crippen molar-refractivity contribution in [3.8, 4) is 17.2 Å². The van der Waals surface area contributed by atoms with Crippen LogP contribution in [0.1, 0.15) is 0 Å². The third-order valence-electron chi connectivity index (χ3n) is 3.85. The van der Waals surface area contributed by atoms with Crippen molar-refractivity contribution in [2.24, 2.45) is 0 Å². The molecule has 2 aromatic carbocycles. The molecule has 0 unspecified atom stereocenters. The molecule has 0 saturated carbocycles. The maximum Gasteiger partial charge on any atom is 0.586 e. The molecule has 0 saturated heterocycles. The Morgan fingerprint density at radius 2 is 1.89 bits per heavy atom. The third kappa shape index (κ3) is 3.45. The van der Waals surface area contributed by atoms with Crippen molar-refractivity contribution in [1.29, 1.82) is 0 Å². The minimum absolute atomic E-state index is 0.134. The van der Waals surface area contributed by atoms with E-state index in [9.17, 15) is 18.4 Å². The molecule has 2 amide bonds. The standard InChI is InChI=1S/C17H11ClF2N2O5/c18-9-1-3-12-11(5-9)22(16(24)8-25-12)7-15(23)21-10-2-4-13-14(6-10)27-17(19,20)26-13/h1-6H,7-8H2,(H,21,23). The highest BCUT2D eigenvalue weighted by atomic mass is 35.5. The van der Waals surface area contributed by atoms with Crippen LogP contribution in [0, 0.1) is 0 Å². The fourth-order valence-electron chi connectivity index (χ4n) is 2.72. The van der Waals surface area contributed by atoms with Crippen LogP contribution in [0.5, 0.6) is 17.2 Å². The second-order valence-corrected chi connectivity index (χ2v) is 6.19. The summed E-state index contributed by atoms with van der Waals surface area (Å²) in [5.74, 6) is -0.855. The highest BCUT2D eigenvalue weighted by Crippen LogP contribution is 2.42.